The number of hydrogen-bond acceptors (Lipinski definition) is 5. The molecule has 2 aromatic heterocycles. The Balaban J connectivity index is 2.46. The maximum atomic E-state index is 5.47. The average Bonchev–Trinajstić information content (AvgIpc) is 2.74. The van der Waals surface area contributed by atoms with Crippen molar-refractivity contribution in [2.75, 3.05) is 0 Å². The van der Waals surface area contributed by atoms with Crippen molar-refractivity contribution in [2.24, 2.45) is 5.73 Å². The molecule has 0 aromatic carbocycles. The molecule has 2 aromatic rings. The Hall–Kier alpha value is -1.27. The molecular formula is C6H7N5S. The summed E-state index contributed by atoms with van der Waals surface area (Å²) >= 11 is 1.46. The van der Waals surface area contributed by atoms with Crippen LogP contribution in [0.5, 0.6) is 0 Å². The molecule has 0 atom stereocenters. The van der Waals surface area contributed by atoms with Crippen molar-refractivity contribution in [2.45, 2.75) is 6.54 Å². The maximum Gasteiger partial charge on any atom is 0.217 e. The Kier molecular flexibility index (Phi) is 1.84. The lowest BCUT2D eigenvalue weighted by Gasteiger charge is -1.98. The van der Waals surface area contributed by atoms with Crippen molar-refractivity contribution in [1.29, 1.82) is 0 Å². The van der Waals surface area contributed by atoms with E-state index in [4.69, 9.17) is 5.73 Å². The van der Waals surface area contributed by atoms with Gasteiger partial charge in [-0.3, -0.25) is 4.57 Å². The van der Waals surface area contributed by atoms with Crippen molar-refractivity contribution in [3.8, 4) is 5.13 Å². The minimum absolute atomic E-state index is 0.409. The van der Waals surface area contributed by atoms with Gasteiger partial charge in [0.05, 0.1) is 6.54 Å². The Bertz CT molecular complexity index is 352. The van der Waals surface area contributed by atoms with E-state index in [0.29, 0.717) is 6.54 Å². The zero-order valence-electron chi connectivity index (χ0n) is 6.21. The average molecular weight is 181 g/mol. The maximum absolute atomic E-state index is 5.47. The number of imidazole rings is 1. The van der Waals surface area contributed by atoms with E-state index in [1.807, 2.05) is 10.8 Å². The van der Waals surface area contributed by atoms with Crippen molar-refractivity contribution >= 4 is 11.3 Å². The summed E-state index contributed by atoms with van der Waals surface area (Å²) in [6.07, 6.45) is 3.52. The predicted octanol–water partition coefficient (Wildman–Crippen LogP) is 0.182. The van der Waals surface area contributed by atoms with Crippen molar-refractivity contribution in [1.82, 2.24) is 19.7 Å². The normalized spacial score (nSPS) is 10.4. The third kappa shape index (κ3) is 1.10. The van der Waals surface area contributed by atoms with Gasteiger partial charge in [-0.25, -0.2) is 4.98 Å². The lowest BCUT2D eigenvalue weighted by molar-refractivity contribution is 0.848. The van der Waals surface area contributed by atoms with Gasteiger partial charge < -0.3 is 5.73 Å². The first kappa shape index (κ1) is 7.38. The van der Waals surface area contributed by atoms with Crippen LogP contribution in [0.25, 0.3) is 5.13 Å². The Morgan fingerprint density at radius 3 is 3.17 bits per heavy atom. The van der Waals surface area contributed by atoms with Crippen LogP contribution in [-0.2, 0) is 6.54 Å². The summed E-state index contributed by atoms with van der Waals surface area (Å²) in [5, 5.41) is 8.43. The van der Waals surface area contributed by atoms with E-state index in [2.05, 4.69) is 15.2 Å². The smallest absolute Gasteiger partial charge is 0.217 e. The van der Waals surface area contributed by atoms with Crippen LogP contribution in [0.1, 0.15) is 5.82 Å². The molecule has 0 unspecified atom stereocenters. The monoisotopic (exact) mass is 181 g/mol. The van der Waals surface area contributed by atoms with Gasteiger partial charge in [0, 0.05) is 12.4 Å². The summed E-state index contributed by atoms with van der Waals surface area (Å²) in [5.41, 5.74) is 7.15. The highest BCUT2D eigenvalue weighted by Gasteiger charge is 2.04. The second-order valence-corrected chi connectivity index (χ2v) is 2.95. The number of nitrogens with zero attached hydrogens (tertiary/aromatic N) is 4. The molecular weight excluding hydrogens is 174 g/mol. The molecule has 12 heavy (non-hydrogen) atoms. The van der Waals surface area contributed by atoms with E-state index in [-0.39, 0.29) is 0 Å². The molecule has 5 nitrogen and oxygen atoms in total. The minimum Gasteiger partial charge on any atom is -0.324 e. The molecule has 6 heteroatoms. The number of nitrogens with two attached hydrogens (primary N) is 1. The summed E-state index contributed by atoms with van der Waals surface area (Å²) in [7, 11) is 0. The fourth-order valence-electron chi connectivity index (χ4n) is 0.932. The highest BCUT2D eigenvalue weighted by molar-refractivity contribution is 7.11. The number of hydrogen-bond donors (Lipinski definition) is 1. The fraction of sp³-hybridized carbons (Fsp3) is 0.167. The molecule has 2 N–H and O–H groups in total. The van der Waals surface area contributed by atoms with E-state index in [1.165, 1.54) is 11.3 Å². The first-order valence-electron chi connectivity index (χ1n) is 3.40. The predicted molar refractivity (Wildman–Crippen MR) is 44.9 cm³/mol. The summed E-state index contributed by atoms with van der Waals surface area (Å²) in [6.45, 7) is 0.409. The van der Waals surface area contributed by atoms with Crippen molar-refractivity contribution < 1.29 is 0 Å². The van der Waals surface area contributed by atoms with Gasteiger partial charge in [0.1, 0.15) is 11.3 Å². The number of aromatic nitrogens is 4. The van der Waals surface area contributed by atoms with Gasteiger partial charge in [0.15, 0.2) is 0 Å². The van der Waals surface area contributed by atoms with Crippen LogP contribution in [0.15, 0.2) is 17.9 Å². The fourth-order valence-corrected chi connectivity index (χ4v) is 1.49. The second kappa shape index (κ2) is 3.00. The Morgan fingerprint density at radius 1 is 1.58 bits per heavy atom. The molecule has 0 radical (unpaired) electrons. The molecule has 0 aliphatic heterocycles. The van der Waals surface area contributed by atoms with Crippen LogP contribution >= 0.6 is 11.3 Å². The van der Waals surface area contributed by atoms with Gasteiger partial charge in [-0.2, -0.15) is 0 Å². The molecule has 2 heterocycles. The zero-order chi connectivity index (χ0) is 8.39. The standard InChI is InChI=1S/C6H7N5S/c7-3-5-8-1-2-11(5)6-10-9-4-12-6/h1-2,4H,3,7H2. The van der Waals surface area contributed by atoms with Crippen LogP contribution in [0.2, 0.25) is 0 Å². The van der Waals surface area contributed by atoms with Gasteiger partial charge in [-0.1, -0.05) is 11.3 Å². The van der Waals surface area contributed by atoms with E-state index >= 15 is 0 Å². The van der Waals surface area contributed by atoms with Crippen LogP contribution in [0.4, 0.5) is 0 Å². The van der Waals surface area contributed by atoms with Gasteiger partial charge in [-0.05, 0) is 0 Å². The molecule has 0 spiro atoms. The highest BCUT2D eigenvalue weighted by atomic mass is 32.1. The SMILES string of the molecule is NCc1nccn1-c1nncs1. The largest absolute Gasteiger partial charge is 0.324 e. The van der Waals surface area contributed by atoms with Gasteiger partial charge in [0.25, 0.3) is 0 Å². The van der Waals surface area contributed by atoms with E-state index < -0.39 is 0 Å². The van der Waals surface area contributed by atoms with Crippen molar-refractivity contribution in [3.05, 3.63) is 23.7 Å². The summed E-state index contributed by atoms with van der Waals surface area (Å²) in [5.74, 6) is 0.798. The highest BCUT2D eigenvalue weighted by Crippen LogP contribution is 2.10. The molecule has 0 aliphatic carbocycles. The molecule has 0 aliphatic rings. The summed E-state index contributed by atoms with van der Waals surface area (Å²) in [6, 6.07) is 0. The topological polar surface area (TPSA) is 69.6 Å². The van der Waals surface area contributed by atoms with Gasteiger partial charge in [-0.15, -0.1) is 10.2 Å². The zero-order valence-corrected chi connectivity index (χ0v) is 7.03. The Labute approximate surface area is 72.9 Å². The first-order chi connectivity index (χ1) is 5.92. The molecule has 0 fully saturated rings. The second-order valence-electron chi connectivity index (χ2n) is 2.14. The summed E-state index contributed by atoms with van der Waals surface area (Å²) in [4.78, 5) is 4.07. The third-order valence-corrected chi connectivity index (χ3v) is 2.14. The molecule has 0 saturated heterocycles. The lowest BCUT2D eigenvalue weighted by atomic mass is 10.6. The molecule has 2 rings (SSSR count). The number of rotatable bonds is 2. The van der Waals surface area contributed by atoms with Crippen LogP contribution in [0, 0.1) is 0 Å². The molecule has 0 bridgehead atoms. The molecule has 62 valence electrons. The third-order valence-electron chi connectivity index (χ3n) is 1.45. The lowest BCUT2D eigenvalue weighted by Crippen LogP contribution is -2.05. The van der Waals surface area contributed by atoms with Crippen LogP contribution in [-0.4, -0.2) is 19.7 Å². The van der Waals surface area contributed by atoms with Gasteiger partial charge in [0.2, 0.25) is 5.13 Å². The molecule has 0 saturated carbocycles. The summed E-state index contributed by atoms with van der Waals surface area (Å²) < 4.78 is 1.83. The quantitative estimate of drug-likeness (QED) is 0.717. The van der Waals surface area contributed by atoms with Crippen LogP contribution < -0.4 is 5.73 Å². The van der Waals surface area contributed by atoms with E-state index in [9.17, 15) is 0 Å². The Morgan fingerprint density at radius 2 is 2.50 bits per heavy atom. The van der Waals surface area contributed by atoms with Crippen molar-refractivity contribution in [3.63, 3.8) is 0 Å². The van der Waals surface area contributed by atoms with Crippen LogP contribution in [0.3, 0.4) is 0 Å². The van der Waals surface area contributed by atoms with E-state index in [1.54, 1.807) is 11.7 Å². The van der Waals surface area contributed by atoms with E-state index in [0.717, 1.165) is 11.0 Å². The van der Waals surface area contributed by atoms with Gasteiger partial charge >= 0.3 is 0 Å². The molecule has 0 amide bonds. The minimum atomic E-state index is 0.409. The first-order valence-corrected chi connectivity index (χ1v) is 4.28.